The maximum atomic E-state index is 13.6. The number of amides is 3. The molecule has 12 heteroatoms. The second-order valence-electron chi connectivity index (χ2n) is 7.08. The minimum atomic E-state index is -0.998. The third kappa shape index (κ3) is 4.13. The Morgan fingerprint density at radius 1 is 1.03 bits per heavy atom. The molecule has 1 aromatic carbocycles. The summed E-state index contributed by atoms with van der Waals surface area (Å²) in [6.07, 6.45) is 2.74. The highest BCUT2D eigenvalue weighted by molar-refractivity contribution is 5.91. The zero-order chi connectivity index (χ0) is 22.1. The third-order valence-electron chi connectivity index (χ3n) is 5.09. The van der Waals surface area contributed by atoms with E-state index in [2.05, 4.69) is 15.1 Å². The molecule has 2 aromatic rings. The fourth-order valence-electron chi connectivity index (χ4n) is 3.57. The van der Waals surface area contributed by atoms with E-state index in [9.17, 15) is 22.8 Å². The molecule has 0 spiro atoms. The largest absolute Gasteiger partial charge is 0.364 e. The number of hydrogen-bond donors (Lipinski definition) is 1. The van der Waals surface area contributed by atoms with E-state index < -0.39 is 41.1 Å². The van der Waals surface area contributed by atoms with Gasteiger partial charge in [0.1, 0.15) is 11.6 Å². The van der Waals surface area contributed by atoms with Gasteiger partial charge in [0.2, 0.25) is 5.95 Å². The standard InChI is InChI=1S/C19H18F3N7O2/c20-12-7-11(8-13(21)9-12)15-1-2-25-29(15)19(31)28-5-3-27(4-6-28)18-24-10-14(22)16(26-18)17(23)30/h2,7-10,15H,1,3-6H2,(H2,23,30)/t15-/m0/s1. The predicted octanol–water partition coefficient (Wildman–Crippen LogP) is 1.67. The molecule has 31 heavy (non-hydrogen) atoms. The van der Waals surface area contributed by atoms with Crippen molar-refractivity contribution in [3.05, 3.63) is 53.1 Å². The molecule has 2 N–H and O–H groups in total. The van der Waals surface area contributed by atoms with Gasteiger partial charge in [0, 0.05) is 44.9 Å². The van der Waals surface area contributed by atoms with E-state index in [1.54, 1.807) is 9.80 Å². The van der Waals surface area contributed by atoms with Crippen molar-refractivity contribution in [2.75, 3.05) is 31.1 Å². The van der Waals surface area contributed by atoms with E-state index in [1.807, 2.05) is 0 Å². The monoisotopic (exact) mass is 433 g/mol. The van der Waals surface area contributed by atoms with Gasteiger partial charge in [-0.2, -0.15) is 5.10 Å². The molecule has 0 radical (unpaired) electrons. The van der Waals surface area contributed by atoms with Gasteiger partial charge in [0.05, 0.1) is 12.2 Å². The molecule has 162 valence electrons. The summed E-state index contributed by atoms with van der Waals surface area (Å²) >= 11 is 0. The molecule has 1 fully saturated rings. The molecular weight excluding hydrogens is 415 g/mol. The van der Waals surface area contributed by atoms with Crippen LogP contribution in [0.25, 0.3) is 0 Å². The number of carbonyl (C=O) groups excluding carboxylic acids is 2. The molecule has 4 rings (SSSR count). The number of nitrogens with zero attached hydrogens (tertiary/aromatic N) is 6. The maximum absolute atomic E-state index is 13.6. The number of hydrazone groups is 1. The number of halogens is 3. The molecular formula is C19H18F3N7O2. The maximum Gasteiger partial charge on any atom is 0.341 e. The molecule has 1 atom stereocenters. The van der Waals surface area contributed by atoms with Crippen molar-refractivity contribution in [3.63, 3.8) is 0 Å². The lowest BCUT2D eigenvalue weighted by molar-refractivity contribution is 0.0991. The predicted molar refractivity (Wildman–Crippen MR) is 104 cm³/mol. The zero-order valence-corrected chi connectivity index (χ0v) is 16.2. The number of benzene rings is 1. The Morgan fingerprint density at radius 2 is 1.71 bits per heavy atom. The van der Waals surface area contributed by atoms with Crippen molar-refractivity contribution in [1.82, 2.24) is 19.9 Å². The van der Waals surface area contributed by atoms with Crippen LogP contribution >= 0.6 is 0 Å². The Morgan fingerprint density at radius 3 is 2.35 bits per heavy atom. The van der Waals surface area contributed by atoms with Crippen LogP contribution in [0.1, 0.15) is 28.5 Å². The fourth-order valence-corrected chi connectivity index (χ4v) is 3.57. The molecule has 1 saturated heterocycles. The van der Waals surface area contributed by atoms with E-state index in [0.717, 1.165) is 12.3 Å². The van der Waals surface area contributed by atoms with Crippen LogP contribution in [0.2, 0.25) is 0 Å². The molecule has 2 aliphatic heterocycles. The van der Waals surface area contributed by atoms with Gasteiger partial charge >= 0.3 is 6.03 Å². The Labute approximate surface area is 175 Å². The highest BCUT2D eigenvalue weighted by atomic mass is 19.1. The van der Waals surface area contributed by atoms with Gasteiger partial charge in [0.25, 0.3) is 5.91 Å². The van der Waals surface area contributed by atoms with E-state index in [1.165, 1.54) is 23.4 Å². The zero-order valence-electron chi connectivity index (χ0n) is 16.2. The second-order valence-corrected chi connectivity index (χ2v) is 7.08. The molecule has 0 aliphatic carbocycles. The molecule has 9 nitrogen and oxygen atoms in total. The van der Waals surface area contributed by atoms with Crippen molar-refractivity contribution in [2.24, 2.45) is 10.8 Å². The van der Waals surface area contributed by atoms with Crippen molar-refractivity contribution in [2.45, 2.75) is 12.5 Å². The van der Waals surface area contributed by atoms with Crippen molar-refractivity contribution >= 4 is 24.1 Å². The summed E-state index contributed by atoms with van der Waals surface area (Å²) in [5.74, 6) is -3.22. The van der Waals surface area contributed by atoms with Gasteiger partial charge < -0.3 is 15.5 Å². The van der Waals surface area contributed by atoms with Crippen molar-refractivity contribution in [3.8, 4) is 0 Å². The number of anilines is 1. The number of urea groups is 1. The van der Waals surface area contributed by atoms with Crippen LogP contribution in [0, 0.1) is 17.5 Å². The smallest absolute Gasteiger partial charge is 0.341 e. The molecule has 2 aliphatic rings. The first-order valence-corrected chi connectivity index (χ1v) is 9.47. The first kappa shape index (κ1) is 20.6. The SMILES string of the molecule is NC(=O)c1nc(N2CCN(C(=O)N3N=CC[C@H]3c3cc(F)cc(F)c3)CC2)ncc1F. The lowest BCUT2D eigenvalue weighted by Crippen LogP contribution is -2.52. The second kappa shape index (κ2) is 8.20. The van der Waals surface area contributed by atoms with Gasteiger partial charge in [-0.05, 0) is 17.7 Å². The first-order valence-electron chi connectivity index (χ1n) is 9.47. The Bertz CT molecular complexity index is 1040. The molecule has 0 saturated carbocycles. The molecule has 0 unspecified atom stereocenters. The lowest BCUT2D eigenvalue weighted by atomic mass is 10.0. The van der Waals surface area contributed by atoms with Crippen LogP contribution in [0.3, 0.4) is 0 Å². The van der Waals surface area contributed by atoms with Crippen LogP contribution in [0.15, 0.2) is 29.5 Å². The van der Waals surface area contributed by atoms with Crippen LogP contribution < -0.4 is 10.6 Å². The van der Waals surface area contributed by atoms with Crippen LogP contribution in [0.4, 0.5) is 23.9 Å². The molecule has 3 heterocycles. The van der Waals surface area contributed by atoms with Gasteiger partial charge in [-0.1, -0.05) is 0 Å². The van der Waals surface area contributed by atoms with E-state index in [4.69, 9.17) is 5.73 Å². The summed E-state index contributed by atoms with van der Waals surface area (Å²) in [5.41, 5.74) is 4.94. The highest BCUT2D eigenvalue weighted by Gasteiger charge is 2.34. The van der Waals surface area contributed by atoms with Gasteiger partial charge in [-0.3, -0.25) is 4.79 Å². The highest BCUT2D eigenvalue weighted by Crippen LogP contribution is 2.30. The Hall–Kier alpha value is -3.70. The minimum Gasteiger partial charge on any atom is -0.364 e. The topological polar surface area (TPSA) is 108 Å². The summed E-state index contributed by atoms with van der Waals surface area (Å²) in [4.78, 5) is 35.3. The van der Waals surface area contributed by atoms with Gasteiger partial charge in [0.15, 0.2) is 11.5 Å². The first-order chi connectivity index (χ1) is 14.8. The van der Waals surface area contributed by atoms with E-state index in [0.29, 0.717) is 25.1 Å². The summed E-state index contributed by atoms with van der Waals surface area (Å²) < 4.78 is 40.8. The number of aromatic nitrogens is 2. The summed E-state index contributed by atoms with van der Waals surface area (Å²) in [6, 6.07) is 2.13. The van der Waals surface area contributed by atoms with Crippen molar-refractivity contribution < 1.29 is 22.8 Å². The summed E-state index contributed by atoms with van der Waals surface area (Å²) in [7, 11) is 0. The lowest BCUT2D eigenvalue weighted by Gasteiger charge is -2.37. The third-order valence-corrected chi connectivity index (χ3v) is 5.09. The number of primary amides is 1. The van der Waals surface area contributed by atoms with E-state index in [-0.39, 0.29) is 19.0 Å². The number of rotatable bonds is 3. The quantitative estimate of drug-likeness (QED) is 0.792. The minimum absolute atomic E-state index is 0.134. The molecule has 1 aromatic heterocycles. The number of hydrogen-bond acceptors (Lipinski definition) is 6. The number of carbonyl (C=O) groups is 2. The Balaban J connectivity index is 1.44. The summed E-state index contributed by atoms with van der Waals surface area (Å²) in [5, 5.41) is 5.30. The van der Waals surface area contributed by atoms with Crippen LogP contribution in [0.5, 0.6) is 0 Å². The van der Waals surface area contributed by atoms with E-state index >= 15 is 0 Å². The van der Waals surface area contributed by atoms with Gasteiger partial charge in [-0.15, -0.1) is 0 Å². The van der Waals surface area contributed by atoms with Gasteiger partial charge in [-0.25, -0.2) is 32.9 Å². The van der Waals surface area contributed by atoms with Crippen LogP contribution in [-0.2, 0) is 0 Å². The molecule has 3 amide bonds. The fraction of sp³-hybridized carbons (Fsp3) is 0.316. The van der Waals surface area contributed by atoms with Crippen molar-refractivity contribution in [1.29, 1.82) is 0 Å². The average molecular weight is 433 g/mol. The molecule has 0 bridgehead atoms. The Kier molecular flexibility index (Phi) is 5.44. The number of nitrogens with two attached hydrogens (primary N) is 1. The van der Waals surface area contributed by atoms with Crippen LogP contribution in [-0.4, -0.2) is 64.2 Å². The average Bonchev–Trinajstić information content (AvgIpc) is 3.23. The normalized spacial score (nSPS) is 18.5. The summed E-state index contributed by atoms with van der Waals surface area (Å²) in [6.45, 7) is 1.21. The number of piperazine rings is 1.